The number of carbonyl (C=O) groups is 1. The van der Waals surface area contributed by atoms with Crippen molar-refractivity contribution < 1.29 is 9.53 Å². The molecular formula is C16H27N3O2S. The van der Waals surface area contributed by atoms with Gasteiger partial charge in [-0.05, 0) is 53.5 Å². The van der Waals surface area contributed by atoms with E-state index in [2.05, 4.69) is 27.6 Å². The number of amides is 1. The Morgan fingerprint density at radius 2 is 2.09 bits per heavy atom. The number of hydrogen-bond acceptors (Lipinski definition) is 5. The maximum Gasteiger partial charge on any atom is 0.407 e. The molecule has 0 aliphatic heterocycles. The van der Waals surface area contributed by atoms with Crippen molar-refractivity contribution in [1.29, 1.82) is 0 Å². The molecule has 1 N–H and O–H groups in total. The predicted molar refractivity (Wildman–Crippen MR) is 89.0 cm³/mol. The van der Waals surface area contributed by atoms with E-state index in [9.17, 15) is 4.79 Å². The van der Waals surface area contributed by atoms with E-state index < -0.39 is 5.60 Å². The third kappa shape index (κ3) is 5.57. The molecule has 5 nitrogen and oxygen atoms in total. The smallest absolute Gasteiger partial charge is 0.407 e. The zero-order valence-corrected chi connectivity index (χ0v) is 14.8. The lowest BCUT2D eigenvalue weighted by Gasteiger charge is -2.34. The maximum atomic E-state index is 11.8. The molecule has 0 spiro atoms. The summed E-state index contributed by atoms with van der Waals surface area (Å²) >= 11 is 1.64. The number of thiazole rings is 1. The second kappa shape index (κ2) is 7.42. The summed E-state index contributed by atoms with van der Waals surface area (Å²) in [4.78, 5) is 18.5. The molecule has 1 aromatic heterocycles. The maximum absolute atomic E-state index is 11.8. The van der Waals surface area contributed by atoms with Gasteiger partial charge in [0, 0.05) is 24.0 Å². The molecular weight excluding hydrogens is 298 g/mol. The number of rotatable bonds is 4. The summed E-state index contributed by atoms with van der Waals surface area (Å²) in [5.74, 6) is 0. The third-order valence-electron chi connectivity index (χ3n) is 3.94. The Balaban J connectivity index is 1.72. The molecule has 0 radical (unpaired) electrons. The van der Waals surface area contributed by atoms with Crippen LogP contribution in [-0.2, 0) is 11.3 Å². The quantitative estimate of drug-likeness (QED) is 0.922. The highest BCUT2D eigenvalue weighted by molar-refractivity contribution is 7.07. The second-order valence-corrected chi connectivity index (χ2v) is 7.77. The number of hydrogen-bond donors (Lipinski definition) is 1. The van der Waals surface area contributed by atoms with Gasteiger partial charge in [-0.1, -0.05) is 0 Å². The van der Waals surface area contributed by atoms with Crippen LogP contribution in [0.15, 0.2) is 10.9 Å². The van der Waals surface area contributed by atoms with E-state index >= 15 is 0 Å². The molecule has 0 aromatic carbocycles. The van der Waals surface area contributed by atoms with Crippen LogP contribution >= 0.6 is 11.3 Å². The fourth-order valence-corrected chi connectivity index (χ4v) is 3.38. The average molecular weight is 325 g/mol. The molecule has 1 amide bonds. The molecule has 2 rings (SSSR count). The first-order valence-corrected chi connectivity index (χ1v) is 8.84. The molecule has 1 fully saturated rings. The van der Waals surface area contributed by atoms with Crippen molar-refractivity contribution >= 4 is 17.4 Å². The zero-order chi connectivity index (χ0) is 16.2. The number of alkyl carbamates (subject to hydrolysis) is 1. The fraction of sp³-hybridized carbons (Fsp3) is 0.750. The lowest BCUT2D eigenvalue weighted by Crippen LogP contribution is -2.44. The summed E-state index contributed by atoms with van der Waals surface area (Å²) in [6, 6.07) is 0.803. The van der Waals surface area contributed by atoms with E-state index in [1.165, 1.54) is 0 Å². The molecule has 1 aliphatic carbocycles. The summed E-state index contributed by atoms with van der Waals surface area (Å²) in [6.07, 6.45) is 3.91. The Hall–Kier alpha value is -1.14. The molecule has 1 heterocycles. The first kappa shape index (κ1) is 17.2. The average Bonchev–Trinajstić information content (AvgIpc) is 2.90. The molecule has 0 unspecified atom stereocenters. The minimum absolute atomic E-state index is 0.235. The topological polar surface area (TPSA) is 54.5 Å². The van der Waals surface area contributed by atoms with Gasteiger partial charge in [0.15, 0.2) is 0 Å². The molecule has 0 saturated heterocycles. The predicted octanol–water partition coefficient (Wildman–Crippen LogP) is 3.41. The molecule has 6 heteroatoms. The van der Waals surface area contributed by atoms with Crippen molar-refractivity contribution in [2.75, 3.05) is 7.05 Å². The van der Waals surface area contributed by atoms with Crippen LogP contribution in [0.5, 0.6) is 0 Å². The van der Waals surface area contributed by atoms with Crippen molar-refractivity contribution in [3.8, 4) is 0 Å². The van der Waals surface area contributed by atoms with Crippen molar-refractivity contribution in [3.63, 3.8) is 0 Å². The molecule has 0 atom stereocenters. The number of nitrogens with one attached hydrogen (secondary N) is 1. The Morgan fingerprint density at radius 3 is 2.64 bits per heavy atom. The van der Waals surface area contributed by atoms with Crippen LogP contribution in [0.25, 0.3) is 0 Å². The number of carbonyl (C=O) groups excluding carboxylic acids is 1. The number of nitrogens with zero attached hydrogens (tertiary/aromatic N) is 2. The molecule has 0 bridgehead atoms. The van der Waals surface area contributed by atoms with Gasteiger partial charge in [-0.25, -0.2) is 9.78 Å². The fourth-order valence-electron chi connectivity index (χ4n) is 2.84. The van der Waals surface area contributed by atoms with E-state index in [4.69, 9.17) is 4.74 Å². The number of aromatic nitrogens is 1. The lowest BCUT2D eigenvalue weighted by molar-refractivity contribution is 0.0479. The van der Waals surface area contributed by atoms with Gasteiger partial charge < -0.3 is 10.1 Å². The van der Waals surface area contributed by atoms with Crippen LogP contribution in [-0.4, -0.2) is 40.7 Å². The van der Waals surface area contributed by atoms with Crippen LogP contribution in [0, 0.1) is 0 Å². The Bertz CT molecular complexity index is 462. The zero-order valence-electron chi connectivity index (χ0n) is 14.0. The SMILES string of the molecule is CN(Cc1cscn1)C1CCC(NC(=O)OC(C)(C)C)CC1. The first-order chi connectivity index (χ1) is 10.3. The van der Waals surface area contributed by atoms with E-state index in [1.54, 1.807) is 11.3 Å². The van der Waals surface area contributed by atoms with Gasteiger partial charge in [-0.3, -0.25) is 4.90 Å². The largest absolute Gasteiger partial charge is 0.444 e. The summed E-state index contributed by atoms with van der Waals surface area (Å²) in [5.41, 5.74) is 2.58. The van der Waals surface area contributed by atoms with Crippen LogP contribution < -0.4 is 5.32 Å². The van der Waals surface area contributed by atoms with E-state index in [0.29, 0.717) is 6.04 Å². The van der Waals surface area contributed by atoms with Crippen molar-refractivity contribution in [3.05, 3.63) is 16.6 Å². The highest BCUT2D eigenvalue weighted by atomic mass is 32.1. The lowest BCUT2D eigenvalue weighted by atomic mass is 9.90. The highest BCUT2D eigenvalue weighted by Gasteiger charge is 2.26. The number of ether oxygens (including phenoxy) is 1. The molecule has 1 saturated carbocycles. The molecule has 1 aliphatic rings. The van der Waals surface area contributed by atoms with Crippen LogP contribution in [0.4, 0.5) is 4.79 Å². The van der Waals surface area contributed by atoms with E-state index in [-0.39, 0.29) is 12.1 Å². The summed E-state index contributed by atoms with van der Waals surface area (Å²) in [6.45, 7) is 6.56. The van der Waals surface area contributed by atoms with Gasteiger partial charge in [0.2, 0.25) is 0 Å². The van der Waals surface area contributed by atoms with Gasteiger partial charge in [-0.2, -0.15) is 0 Å². The summed E-state index contributed by atoms with van der Waals surface area (Å²) in [5, 5.41) is 5.09. The minimum Gasteiger partial charge on any atom is -0.444 e. The summed E-state index contributed by atoms with van der Waals surface area (Å²) in [7, 11) is 2.16. The minimum atomic E-state index is -0.435. The molecule has 124 valence electrons. The van der Waals surface area contributed by atoms with E-state index in [0.717, 1.165) is 37.9 Å². The Morgan fingerprint density at radius 1 is 1.41 bits per heavy atom. The monoisotopic (exact) mass is 325 g/mol. The van der Waals surface area contributed by atoms with Gasteiger partial charge in [0.25, 0.3) is 0 Å². The van der Waals surface area contributed by atoms with E-state index in [1.807, 2.05) is 26.3 Å². The van der Waals surface area contributed by atoms with Crippen molar-refractivity contribution in [1.82, 2.24) is 15.2 Å². The standard InChI is InChI=1S/C16H27N3O2S/c1-16(2,3)21-15(20)18-12-5-7-14(8-6-12)19(4)9-13-10-22-11-17-13/h10-12,14H,5-9H2,1-4H3,(H,18,20). The normalized spacial score (nSPS) is 22.6. The Labute approximate surface area is 137 Å². The summed E-state index contributed by atoms with van der Waals surface area (Å²) < 4.78 is 5.32. The van der Waals surface area contributed by atoms with Gasteiger partial charge in [0.05, 0.1) is 11.2 Å². The first-order valence-electron chi connectivity index (χ1n) is 7.90. The van der Waals surface area contributed by atoms with Crippen molar-refractivity contribution in [2.45, 2.75) is 70.7 Å². The second-order valence-electron chi connectivity index (χ2n) is 7.05. The Kier molecular flexibility index (Phi) is 5.81. The van der Waals surface area contributed by atoms with Crippen LogP contribution in [0.3, 0.4) is 0 Å². The molecule has 1 aromatic rings. The van der Waals surface area contributed by atoms with Gasteiger partial charge in [-0.15, -0.1) is 11.3 Å². The van der Waals surface area contributed by atoms with Crippen molar-refractivity contribution in [2.24, 2.45) is 0 Å². The third-order valence-corrected chi connectivity index (χ3v) is 4.57. The van der Waals surface area contributed by atoms with Gasteiger partial charge in [0.1, 0.15) is 5.60 Å². The van der Waals surface area contributed by atoms with Gasteiger partial charge >= 0.3 is 6.09 Å². The highest BCUT2D eigenvalue weighted by Crippen LogP contribution is 2.24. The van der Waals surface area contributed by atoms with Crippen LogP contribution in [0.1, 0.15) is 52.1 Å². The molecule has 22 heavy (non-hydrogen) atoms. The van der Waals surface area contributed by atoms with Crippen LogP contribution in [0.2, 0.25) is 0 Å².